The van der Waals surface area contributed by atoms with Crippen molar-refractivity contribution in [2.45, 2.75) is 156 Å². The van der Waals surface area contributed by atoms with Crippen LogP contribution in [0.1, 0.15) is 129 Å². The number of nitrogens with zero attached hydrogens (tertiary/aromatic N) is 4. The average Bonchev–Trinajstić information content (AvgIpc) is 3.78. The molecule has 7 rings (SSSR count). The minimum Gasteiger partial charge on any atom is -0.390 e. The lowest BCUT2D eigenvalue weighted by atomic mass is 9.47. The zero-order valence-corrected chi connectivity index (χ0v) is 31.3. The Morgan fingerprint density at radius 2 is 1.90 bits per heavy atom. The van der Waals surface area contributed by atoms with Crippen LogP contribution in [0.2, 0.25) is 0 Å². The van der Waals surface area contributed by atoms with E-state index in [-0.39, 0.29) is 12.5 Å². The molecule has 2 N–H and O–H groups in total. The number of aromatic amines is 1. The monoisotopic (exact) mass is 691 g/mol. The summed E-state index contributed by atoms with van der Waals surface area (Å²) in [6, 6.07) is 0. The molecule has 0 spiro atoms. The zero-order valence-electron chi connectivity index (χ0n) is 31.3. The summed E-state index contributed by atoms with van der Waals surface area (Å²) < 4.78 is 15.5. The summed E-state index contributed by atoms with van der Waals surface area (Å²) in [6.45, 7) is 14.9. The van der Waals surface area contributed by atoms with Gasteiger partial charge in [0, 0.05) is 18.2 Å². The molecule has 276 valence electrons. The number of allylic oxidation sites excluding steroid dienone is 1. The van der Waals surface area contributed by atoms with Crippen molar-refractivity contribution >= 4 is 0 Å². The van der Waals surface area contributed by atoms with Gasteiger partial charge in [0.2, 0.25) is 0 Å². The molecule has 0 bridgehead atoms. The molecule has 5 aliphatic rings. The summed E-state index contributed by atoms with van der Waals surface area (Å²) in [5.74, 6) is 5.07. The third-order valence-corrected chi connectivity index (χ3v) is 14.3. The van der Waals surface area contributed by atoms with E-state index in [0.717, 1.165) is 54.0 Å². The number of fused-ring (bicyclic) bond motifs is 5. The maximum Gasteiger partial charge on any atom is 0.330 e. The van der Waals surface area contributed by atoms with E-state index in [2.05, 4.69) is 56.0 Å². The fourth-order valence-electron chi connectivity index (χ4n) is 11.5. The van der Waals surface area contributed by atoms with Gasteiger partial charge in [-0.15, -0.1) is 5.10 Å². The Morgan fingerprint density at radius 3 is 2.70 bits per heavy atom. The standard InChI is InChI=1S/C40H61N5O5/c1-24(2)8-7-9-25(3)31-12-13-32-30-11-10-27-18-29(14-16-39(27,5)33(30)15-17-40(31,32)6)49-23-28-21-44(43-42-28)22-35-34(46)19-36(50-35)45-20-26(4)37(47)41-38(45)48/h10,20-21,24-25,29-36,46H,7-9,11-19,22-23H2,1-6H3,(H,41,47,48)/t25?,29?,30?,31?,32?,33?,34-,35-,36-,39?,40?/m1/s1. The summed E-state index contributed by atoms with van der Waals surface area (Å²) in [6.07, 6.45) is 18.8. The van der Waals surface area contributed by atoms with Gasteiger partial charge in [0.05, 0.1) is 31.6 Å². The molecule has 1 saturated heterocycles. The molecule has 11 atom stereocenters. The second-order valence-electron chi connectivity index (χ2n) is 17.8. The average molecular weight is 692 g/mol. The van der Waals surface area contributed by atoms with E-state index >= 15 is 0 Å². The normalized spacial score (nSPS) is 37.3. The van der Waals surface area contributed by atoms with E-state index in [1.54, 1.807) is 17.2 Å². The summed E-state index contributed by atoms with van der Waals surface area (Å²) in [4.78, 5) is 26.4. The maximum absolute atomic E-state index is 12.3. The van der Waals surface area contributed by atoms with Crippen molar-refractivity contribution in [3.05, 3.63) is 56.1 Å². The molecule has 10 nitrogen and oxygen atoms in total. The molecule has 3 heterocycles. The van der Waals surface area contributed by atoms with Gasteiger partial charge in [-0.3, -0.25) is 14.3 Å². The van der Waals surface area contributed by atoms with Crippen molar-refractivity contribution in [2.24, 2.45) is 46.3 Å². The third-order valence-electron chi connectivity index (χ3n) is 14.3. The largest absolute Gasteiger partial charge is 0.390 e. The first-order valence-electron chi connectivity index (χ1n) is 19.7. The number of rotatable bonds is 11. The molecule has 0 amide bonds. The van der Waals surface area contributed by atoms with Crippen LogP contribution in [0.3, 0.4) is 0 Å². The van der Waals surface area contributed by atoms with Crippen molar-refractivity contribution in [2.75, 3.05) is 0 Å². The fourth-order valence-corrected chi connectivity index (χ4v) is 11.5. The Kier molecular flexibility index (Phi) is 10.1. The van der Waals surface area contributed by atoms with E-state index < -0.39 is 29.7 Å². The molecule has 10 heteroatoms. The lowest BCUT2D eigenvalue weighted by Gasteiger charge is -2.58. The number of hydrogen-bond donors (Lipinski definition) is 2. The highest BCUT2D eigenvalue weighted by molar-refractivity contribution is 5.25. The van der Waals surface area contributed by atoms with E-state index in [1.165, 1.54) is 68.6 Å². The summed E-state index contributed by atoms with van der Waals surface area (Å²) in [5, 5.41) is 19.3. The van der Waals surface area contributed by atoms with E-state index in [9.17, 15) is 14.7 Å². The first-order chi connectivity index (χ1) is 23.9. The molecule has 4 aliphatic carbocycles. The summed E-state index contributed by atoms with van der Waals surface area (Å²) in [5.41, 5.74) is 2.65. The first kappa shape index (κ1) is 35.8. The second-order valence-corrected chi connectivity index (χ2v) is 17.8. The van der Waals surface area contributed by atoms with Crippen molar-refractivity contribution in [3.8, 4) is 0 Å². The van der Waals surface area contributed by atoms with Gasteiger partial charge in [0.15, 0.2) is 0 Å². The van der Waals surface area contributed by atoms with Crippen LogP contribution in [-0.2, 0) is 22.6 Å². The molecular formula is C40H61N5O5. The Labute approximate surface area is 297 Å². The van der Waals surface area contributed by atoms with Crippen molar-refractivity contribution in [1.29, 1.82) is 0 Å². The molecule has 50 heavy (non-hydrogen) atoms. The van der Waals surface area contributed by atoms with Crippen molar-refractivity contribution in [1.82, 2.24) is 24.5 Å². The Bertz CT molecular complexity index is 1660. The van der Waals surface area contributed by atoms with Crippen LogP contribution >= 0.6 is 0 Å². The topological polar surface area (TPSA) is 124 Å². The number of aryl methyl sites for hydroxylation is 1. The maximum atomic E-state index is 12.3. The SMILES string of the molecule is Cc1cn([C@H]2C[C@@H](O)[C@@H](Cn3cc(COC4CCC5(C)C(=CCC6C5CCC5(C)C(C(C)CCCC(C)C)CCC65)C4)nn3)O2)c(=O)[nH]c1=O. The lowest BCUT2D eigenvalue weighted by molar-refractivity contribution is -0.0658. The van der Waals surface area contributed by atoms with Gasteiger partial charge in [-0.2, -0.15) is 0 Å². The van der Waals surface area contributed by atoms with Crippen LogP contribution in [-0.4, -0.2) is 48.0 Å². The number of nitrogens with one attached hydrogen (secondary N) is 1. The highest BCUT2D eigenvalue weighted by atomic mass is 16.5. The number of ether oxygens (including phenoxy) is 2. The van der Waals surface area contributed by atoms with Gasteiger partial charge in [-0.05, 0) is 105 Å². The molecule has 1 aliphatic heterocycles. The van der Waals surface area contributed by atoms with Crippen molar-refractivity contribution in [3.63, 3.8) is 0 Å². The second kappa shape index (κ2) is 14.1. The predicted octanol–water partition coefficient (Wildman–Crippen LogP) is 6.71. The van der Waals surface area contributed by atoms with Gasteiger partial charge in [0.25, 0.3) is 5.56 Å². The molecule has 0 aromatic carbocycles. The lowest BCUT2D eigenvalue weighted by Crippen LogP contribution is -2.51. The number of aromatic nitrogens is 5. The van der Waals surface area contributed by atoms with Gasteiger partial charge < -0.3 is 14.6 Å². The van der Waals surface area contributed by atoms with Crippen LogP contribution in [0.5, 0.6) is 0 Å². The molecule has 2 aromatic heterocycles. The number of aliphatic hydroxyl groups is 1. The number of aliphatic hydroxyl groups excluding tert-OH is 1. The molecule has 4 fully saturated rings. The molecule has 0 radical (unpaired) electrons. The quantitative estimate of drug-likeness (QED) is 0.251. The molecular weight excluding hydrogens is 630 g/mol. The van der Waals surface area contributed by atoms with E-state index in [4.69, 9.17) is 9.47 Å². The van der Waals surface area contributed by atoms with Crippen LogP contribution in [0.15, 0.2) is 33.6 Å². The summed E-state index contributed by atoms with van der Waals surface area (Å²) in [7, 11) is 0. The molecule has 3 saturated carbocycles. The highest BCUT2D eigenvalue weighted by Gasteiger charge is 2.59. The van der Waals surface area contributed by atoms with Gasteiger partial charge in [-0.1, -0.05) is 70.7 Å². The number of hydrogen-bond acceptors (Lipinski definition) is 7. The predicted molar refractivity (Wildman–Crippen MR) is 192 cm³/mol. The zero-order chi connectivity index (χ0) is 35.4. The Morgan fingerprint density at radius 1 is 1.08 bits per heavy atom. The fraction of sp³-hybridized carbons (Fsp3) is 0.800. The Balaban J connectivity index is 0.922. The van der Waals surface area contributed by atoms with Crippen LogP contribution < -0.4 is 11.2 Å². The molecule has 2 aromatic rings. The van der Waals surface area contributed by atoms with Crippen molar-refractivity contribution < 1.29 is 14.6 Å². The third kappa shape index (κ3) is 6.73. The van der Waals surface area contributed by atoms with Gasteiger partial charge >= 0.3 is 5.69 Å². The van der Waals surface area contributed by atoms with Gasteiger partial charge in [0.1, 0.15) is 18.0 Å². The number of H-pyrrole nitrogens is 1. The summed E-state index contributed by atoms with van der Waals surface area (Å²) >= 11 is 0. The van der Waals surface area contributed by atoms with Crippen LogP contribution in [0.25, 0.3) is 0 Å². The minimum absolute atomic E-state index is 0.187. The van der Waals surface area contributed by atoms with Gasteiger partial charge in [-0.25, -0.2) is 9.48 Å². The highest BCUT2D eigenvalue weighted by Crippen LogP contribution is 2.67. The van der Waals surface area contributed by atoms with E-state index in [0.29, 0.717) is 29.5 Å². The Hall–Kier alpha value is -2.56. The minimum atomic E-state index is -0.779. The van der Waals surface area contributed by atoms with E-state index in [1.807, 2.05) is 6.20 Å². The van der Waals surface area contributed by atoms with Crippen LogP contribution in [0.4, 0.5) is 0 Å². The molecule has 8 unspecified atom stereocenters. The first-order valence-corrected chi connectivity index (χ1v) is 19.7. The smallest absolute Gasteiger partial charge is 0.330 e. The van der Waals surface area contributed by atoms with Crippen LogP contribution in [0, 0.1) is 53.3 Å².